The monoisotopic (exact) mass is 549 g/mol. The van der Waals surface area contributed by atoms with Gasteiger partial charge in [0.15, 0.2) is 0 Å². The number of amides is 1. The Labute approximate surface area is 223 Å². The molecule has 0 aliphatic heterocycles. The van der Waals surface area contributed by atoms with Gasteiger partial charge in [-0.2, -0.15) is 8.42 Å². The van der Waals surface area contributed by atoms with Gasteiger partial charge in [0, 0.05) is 0 Å². The highest BCUT2D eigenvalue weighted by Gasteiger charge is 2.30. The maximum absolute atomic E-state index is 12.3. The average Bonchev–Trinajstić information content (AvgIpc) is 2.80. The Morgan fingerprint density at radius 1 is 0.921 bits per heavy atom. The van der Waals surface area contributed by atoms with Gasteiger partial charge in [0.2, 0.25) is 0 Å². The summed E-state index contributed by atoms with van der Waals surface area (Å²) in [6.07, 6.45) is -0.189. The van der Waals surface area contributed by atoms with E-state index in [4.69, 9.17) is 8.92 Å². The third-order valence-electron chi connectivity index (χ3n) is 5.52. The van der Waals surface area contributed by atoms with Gasteiger partial charge >= 0.3 is 18.0 Å². The minimum Gasteiger partial charge on any atom is -0.481 e. The molecule has 0 aliphatic carbocycles. The molecule has 2 aromatic rings. The third kappa shape index (κ3) is 10.5. The van der Waals surface area contributed by atoms with E-state index in [-0.39, 0.29) is 24.3 Å². The molecule has 0 unspecified atom stereocenters. The fraction of sp³-hybridized carbons (Fsp3) is 0.444. The Hall–Kier alpha value is -3.44. The molecule has 11 heteroatoms. The van der Waals surface area contributed by atoms with Gasteiger partial charge in [-0.3, -0.25) is 8.98 Å². The summed E-state index contributed by atoms with van der Waals surface area (Å²) in [5.74, 6) is -3.60. The van der Waals surface area contributed by atoms with Gasteiger partial charge in [0.25, 0.3) is 10.1 Å². The van der Waals surface area contributed by atoms with Crippen LogP contribution in [-0.4, -0.2) is 54.9 Å². The van der Waals surface area contributed by atoms with Gasteiger partial charge in [-0.25, -0.2) is 9.59 Å². The second kappa shape index (κ2) is 13.4. The molecule has 2 aromatic carbocycles. The number of aliphatic carboxylic acids is 2. The van der Waals surface area contributed by atoms with E-state index in [2.05, 4.69) is 5.32 Å². The SMILES string of the molecule is Cc1ccc(S(=O)(=O)OCCCc2ccc(C[C@@H](C[C@@H](NC(=O)OC(C)(C)C)C(=O)O)C(=O)O)cc2)cc1. The molecule has 0 heterocycles. The van der Waals surface area contributed by atoms with Crippen molar-refractivity contribution >= 4 is 28.1 Å². The zero-order chi connectivity index (χ0) is 28.5. The van der Waals surface area contributed by atoms with Gasteiger partial charge in [-0.05, 0) is 76.6 Å². The van der Waals surface area contributed by atoms with Crippen LogP contribution in [0.3, 0.4) is 0 Å². The van der Waals surface area contributed by atoms with Crippen LogP contribution >= 0.6 is 0 Å². The van der Waals surface area contributed by atoms with Crippen LogP contribution in [0.2, 0.25) is 0 Å². The van der Waals surface area contributed by atoms with Crippen LogP contribution < -0.4 is 5.32 Å². The summed E-state index contributed by atoms with van der Waals surface area (Å²) < 4.78 is 34.7. The average molecular weight is 550 g/mol. The fourth-order valence-corrected chi connectivity index (χ4v) is 4.51. The van der Waals surface area contributed by atoms with Gasteiger partial charge in [0.05, 0.1) is 17.4 Å². The van der Waals surface area contributed by atoms with Crippen molar-refractivity contribution in [3.8, 4) is 0 Å². The maximum Gasteiger partial charge on any atom is 0.408 e. The van der Waals surface area contributed by atoms with Crippen LogP contribution in [-0.2, 0) is 41.5 Å². The summed E-state index contributed by atoms with van der Waals surface area (Å²) >= 11 is 0. The lowest BCUT2D eigenvalue weighted by molar-refractivity contribution is -0.144. The first kappa shape index (κ1) is 30.8. The summed E-state index contributed by atoms with van der Waals surface area (Å²) in [4.78, 5) is 35.5. The minimum atomic E-state index is -3.82. The zero-order valence-corrected chi connectivity index (χ0v) is 22.8. The first-order valence-electron chi connectivity index (χ1n) is 12.2. The van der Waals surface area contributed by atoms with Crippen LogP contribution in [0, 0.1) is 12.8 Å². The topological polar surface area (TPSA) is 156 Å². The van der Waals surface area contributed by atoms with Crippen molar-refractivity contribution < 1.29 is 41.9 Å². The zero-order valence-electron chi connectivity index (χ0n) is 22.0. The molecular formula is C27H35NO9S. The molecule has 2 rings (SSSR count). The first-order chi connectivity index (χ1) is 17.7. The molecule has 3 N–H and O–H groups in total. The molecule has 0 aliphatic rings. The van der Waals surface area contributed by atoms with E-state index in [9.17, 15) is 33.0 Å². The molecule has 10 nitrogen and oxygen atoms in total. The molecule has 2 atom stereocenters. The van der Waals surface area contributed by atoms with E-state index in [1.807, 2.05) is 6.92 Å². The number of nitrogens with one attached hydrogen (secondary N) is 1. The highest BCUT2D eigenvalue weighted by molar-refractivity contribution is 7.86. The van der Waals surface area contributed by atoms with Crippen molar-refractivity contribution in [2.75, 3.05) is 6.61 Å². The molecule has 38 heavy (non-hydrogen) atoms. The molecule has 1 amide bonds. The molecule has 0 saturated heterocycles. The van der Waals surface area contributed by atoms with Crippen molar-refractivity contribution in [1.82, 2.24) is 5.32 Å². The van der Waals surface area contributed by atoms with Crippen molar-refractivity contribution in [2.24, 2.45) is 5.92 Å². The fourth-order valence-electron chi connectivity index (χ4n) is 3.57. The van der Waals surface area contributed by atoms with E-state index in [1.165, 1.54) is 12.1 Å². The summed E-state index contributed by atoms with van der Waals surface area (Å²) in [5, 5.41) is 21.3. The standard InChI is InChI=1S/C27H35NO9S/c1-18-7-13-22(14-8-18)38(34,35)36-15-5-6-19-9-11-20(12-10-19)16-21(24(29)30)17-23(25(31)32)28-26(33)37-27(2,3)4/h7-14,21,23H,5-6,15-17H2,1-4H3,(H,28,33)(H,29,30)(H,31,32)/t21-,23+/m0/s1. The van der Waals surface area contributed by atoms with Crippen LogP contribution in [0.15, 0.2) is 53.4 Å². The highest BCUT2D eigenvalue weighted by Crippen LogP contribution is 2.18. The Morgan fingerprint density at radius 3 is 2.03 bits per heavy atom. The van der Waals surface area contributed by atoms with E-state index < -0.39 is 45.7 Å². The Balaban J connectivity index is 1.90. The second-order valence-electron chi connectivity index (χ2n) is 10.0. The van der Waals surface area contributed by atoms with Crippen molar-refractivity contribution in [3.05, 3.63) is 65.2 Å². The number of hydrogen-bond donors (Lipinski definition) is 3. The summed E-state index contributed by atoms with van der Waals surface area (Å²) in [5.41, 5.74) is 1.71. The molecule has 0 aromatic heterocycles. The number of carboxylic acid groups (broad SMARTS) is 2. The van der Waals surface area contributed by atoms with Gasteiger partial charge in [0.1, 0.15) is 11.6 Å². The van der Waals surface area contributed by atoms with E-state index in [1.54, 1.807) is 57.2 Å². The van der Waals surface area contributed by atoms with Crippen molar-refractivity contribution in [3.63, 3.8) is 0 Å². The number of rotatable bonds is 13. The van der Waals surface area contributed by atoms with Gasteiger partial charge in [-0.15, -0.1) is 0 Å². The quantitative estimate of drug-likeness (QED) is 0.249. The highest BCUT2D eigenvalue weighted by atomic mass is 32.2. The number of benzene rings is 2. The Kier molecular flexibility index (Phi) is 10.8. The minimum absolute atomic E-state index is 0.0142. The number of ether oxygens (including phenoxy) is 1. The summed E-state index contributed by atoms with van der Waals surface area (Å²) in [6, 6.07) is 12.1. The largest absolute Gasteiger partial charge is 0.481 e. The number of carboxylic acids is 2. The van der Waals surface area contributed by atoms with E-state index >= 15 is 0 Å². The molecule has 208 valence electrons. The molecular weight excluding hydrogens is 514 g/mol. The number of alkyl carbamates (subject to hydrolysis) is 1. The third-order valence-corrected chi connectivity index (χ3v) is 6.85. The predicted molar refractivity (Wildman–Crippen MR) is 139 cm³/mol. The van der Waals surface area contributed by atoms with E-state index in [0.29, 0.717) is 18.4 Å². The molecule has 0 fully saturated rings. The summed E-state index contributed by atoms with van der Waals surface area (Å²) in [6.45, 7) is 6.77. The molecule has 0 saturated carbocycles. The molecule has 0 bridgehead atoms. The summed E-state index contributed by atoms with van der Waals surface area (Å²) in [7, 11) is -3.82. The van der Waals surface area contributed by atoms with Gasteiger partial charge in [-0.1, -0.05) is 42.0 Å². The van der Waals surface area contributed by atoms with Crippen molar-refractivity contribution in [2.45, 2.75) is 69.9 Å². The normalized spacial score (nSPS) is 13.4. The second-order valence-corrected chi connectivity index (χ2v) is 11.6. The lowest BCUT2D eigenvalue weighted by atomic mass is 9.92. The maximum atomic E-state index is 12.3. The van der Waals surface area contributed by atoms with E-state index in [0.717, 1.165) is 11.1 Å². The Bertz CT molecular complexity index is 1200. The number of carbonyl (C=O) groups is 3. The molecule has 0 spiro atoms. The first-order valence-corrected chi connectivity index (χ1v) is 13.6. The van der Waals surface area contributed by atoms with Crippen LogP contribution in [0.5, 0.6) is 0 Å². The lowest BCUT2D eigenvalue weighted by Gasteiger charge is -2.23. The number of hydrogen-bond acceptors (Lipinski definition) is 7. The number of carbonyl (C=O) groups excluding carboxylic acids is 1. The number of aryl methyl sites for hydroxylation is 2. The van der Waals surface area contributed by atoms with Crippen molar-refractivity contribution in [1.29, 1.82) is 0 Å². The molecule has 0 radical (unpaired) electrons. The van der Waals surface area contributed by atoms with Gasteiger partial charge < -0.3 is 20.3 Å². The predicted octanol–water partition coefficient (Wildman–Crippen LogP) is 3.94. The lowest BCUT2D eigenvalue weighted by Crippen LogP contribution is -2.45. The van der Waals surface area contributed by atoms with Crippen LogP contribution in [0.25, 0.3) is 0 Å². The smallest absolute Gasteiger partial charge is 0.408 e. The Morgan fingerprint density at radius 2 is 1.50 bits per heavy atom. The van der Waals surface area contributed by atoms with Crippen LogP contribution in [0.1, 0.15) is 50.3 Å². The van der Waals surface area contributed by atoms with Crippen LogP contribution in [0.4, 0.5) is 4.79 Å².